The van der Waals surface area contributed by atoms with E-state index in [1.165, 1.54) is 25.7 Å². The van der Waals surface area contributed by atoms with Crippen molar-refractivity contribution in [1.29, 1.82) is 0 Å². The van der Waals surface area contributed by atoms with Gasteiger partial charge in [-0.05, 0) is 43.4 Å². The van der Waals surface area contributed by atoms with Crippen molar-refractivity contribution in [3.8, 4) is 0 Å². The predicted molar refractivity (Wildman–Crippen MR) is 89.6 cm³/mol. The molecule has 0 atom stereocenters. The highest BCUT2D eigenvalue weighted by Gasteiger charge is 2.27. The molecule has 2 fully saturated rings. The third-order valence-corrected chi connectivity index (χ3v) is 5.08. The normalized spacial score (nSPS) is 21.1. The Bertz CT molecular complexity index is 486. The van der Waals surface area contributed by atoms with E-state index in [0.29, 0.717) is 12.5 Å². The molecule has 120 valence electrons. The molecule has 3 N–H and O–H groups in total. The molecular weight excluding hydrogens is 274 g/mol. The first kappa shape index (κ1) is 15.3. The molecule has 1 aliphatic heterocycles. The van der Waals surface area contributed by atoms with Crippen molar-refractivity contribution in [3.05, 3.63) is 29.8 Å². The molecule has 0 aromatic heterocycles. The van der Waals surface area contributed by atoms with Crippen molar-refractivity contribution in [2.75, 3.05) is 18.8 Å². The van der Waals surface area contributed by atoms with Gasteiger partial charge < -0.3 is 16.0 Å². The van der Waals surface area contributed by atoms with Crippen LogP contribution in [0.4, 0.5) is 5.69 Å². The highest BCUT2D eigenvalue weighted by molar-refractivity contribution is 5.79. The molecule has 4 nitrogen and oxygen atoms in total. The van der Waals surface area contributed by atoms with Gasteiger partial charge in [-0.15, -0.1) is 0 Å². The molecule has 0 unspecified atom stereocenters. The zero-order valence-corrected chi connectivity index (χ0v) is 13.3. The molecule has 1 amide bonds. The van der Waals surface area contributed by atoms with Gasteiger partial charge in [0.1, 0.15) is 0 Å². The van der Waals surface area contributed by atoms with Gasteiger partial charge in [-0.1, -0.05) is 25.0 Å². The van der Waals surface area contributed by atoms with Crippen LogP contribution in [0.15, 0.2) is 24.3 Å². The fraction of sp³-hybridized carbons (Fsp3) is 0.611. The SMILES string of the molecule is Nc1ccc(CC(=O)NC2CCN(C3CCCC3)CC2)cc1. The van der Waals surface area contributed by atoms with Crippen LogP contribution >= 0.6 is 0 Å². The molecule has 1 aromatic carbocycles. The van der Waals surface area contributed by atoms with Crippen molar-refractivity contribution in [3.63, 3.8) is 0 Å². The second kappa shape index (κ2) is 7.14. The van der Waals surface area contributed by atoms with Crippen molar-refractivity contribution in [2.24, 2.45) is 0 Å². The number of benzene rings is 1. The van der Waals surface area contributed by atoms with Crippen molar-refractivity contribution in [2.45, 2.75) is 57.0 Å². The number of amides is 1. The number of hydrogen-bond donors (Lipinski definition) is 2. The minimum absolute atomic E-state index is 0.129. The maximum atomic E-state index is 12.1. The Balaban J connectivity index is 1.42. The Hall–Kier alpha value is -1.55. The lowest BCUT2D eigenvalue weighted by Gasteiger charge is -2.36. The van der Waals surface area contributed by atoms with Gasteiger partial charge in [-0.2, -0.15) is 0 Å². The minimum Gasteiger partial charge on any atom is -0.399 e. The topological polar surface area (TPSA) is 58.4 Å². The van der Waals surface area contributed by atoms with Crippen LogP contribution in [-0.4, -0.2) is 36.0 Å². The van der Waals surface area contributed by atoms with Crippen molar-refractivity contribution in [1.82, 2.24) is 10.2 Å². The molecule has 2 aliphatic rings. The number of rotatable bonds is 4. The van der Waals surface area contributed by atoms with Gasteiger partial charge in [0.15, 0.2) is 0 Å². The van der Waals surface area contributed by atoms with Crippen LogP contribution in [0, 0.1) is 0 Å². The van der Waals surface area contributed by atoms with Crippen LogP contribution in [0.5, 0.6) is 0 Å². The van der Waals surface area contributed by atoms with Gasteiger partial charge in [0.05, 0.1) is 6.42 Å². The number of likely N-dealkylation sites (tertiary alicyclic amines) is 1. The summed E-state index contributed by atoms with van der Waals surface area (Å²) in [6.07, 6.45) is 8.14. The van der Waals surface area contributed by atoms with Gasteiger partial charge in [-0.25, -0.2) is 0 Å². The van der Waals surface area contributed by atoms with Crippen LogP contribution in [0.25, 0.3) is 0 Å². The van der Waals surface area contributed by atoms with Crippen LogP contribution in [0.2, 0.25) is 0 Å². The standard InChI is InChI=1S/C18H27N3O/c19-15-7-5-14(6-8-15)13-18(22)20-16-9-11-21(12-10-16)17-3-1-2-4-17/h5-8,16-17H,1-4,9-13,19H2,(H,20,22). The monoisotopic (exact) mass is 301 g/mol. The largest absolute Gasteiger partial charge is 0.399 e. The molecule has 1 aromatic rings. The van der Waals surface area contributed by atoms with E-state index in [-0.39, 0.29) is 5.91 Å². The molecule has 22 heavy (non-hydrogen) atoms. The van der Waals surface area contributed by atoms with E-state index < -0.39 is 0 Å². The maximum Gasteiger partial charge on any atom is 0.224 e. The van der Waals surface area contributed by atoms with E-state index in [9.17, 15) is 4.79 Å². The van der Waals surface area contributed by atoms with E-state index in [1.54, 1.807) is 0 Å². The number of nitrogens with zero attached hydrogens (tertiary/aromatic N) is 1. The summed E-state index contributed by atoms with van der Waals surface area (Å²) in [5, 5.41) is 3.20. The van der Waals surface area contributed by atoms with Gasteiger partial charge in [-0.3, -0.25) is 4.79 Å². The third-order valence-electron chi connectivity index (χ3n) is 5.08. The Labute approximate surface area is 133 Å². The first-order valence-electron chi connectivity index (χ1n) is 8.58. The summed E-state index contributed by atoms with van der Waals surface area (Å²) < 4.78 is 0. The number of hydrogen-bond acceptors (Lipinski definition) is 3. The van der Waals surface area contributed by atoms with E-state index >= 15 is 0 Å². The van der Waals surface area contributed by atoms with Crippen LogP contribution < -0.4 is 11.1 Å². The molecule has 1 saturated heterocycles. The summed E-state index contributed by atoms with van der Waals surface area (Å²) >= 11 is 0. The van der Waals surface area contributed by atoms with Gasteiger partial charge in [0.2, 0.25) is 5.91 Å². The smallest absolute Gasteiger partial charge is 0.224 e. The summed E-state index contributed by atoms with van der Waals surface area (Å²) in [5.41, 5.74) is 7.43. The molecular formula is C18H27N3O. The fourth-order valence-electron chi connectivity index (χ4n) is 3.78. The van der Waals surface area contributed by atoms with E-state index in [4.69, 9.17) is 5.73 Å². The zero-order chi connectivity index (χ0) is 15.4. The molecule has 3 rings (SSSR count). The molecule has 0 radical (unpaired) electrons. The number of carbonyl (C=O) groups excluding carboxylic acids is 1. The summed E-state index contributed by atoms with van der Waals surface area (Å²) in [6.45, 7) is 2.27. The lowest BCUT2D eigenvalue weighted by atomic mass is 10.0. The second-order valence-corrected chi connectivity index (χ2v) is 6.73. The Morgan fingerprint density at radius 2 is 1.73 bits per heavy atom. The van der Waals surface area contributed by atoms with Gasteiger partial charge in [0.25, 0.3) is 0 Å². The van der Waals surface area contributed by atoms with E-state index in [2.05, 4.69) is 10.2 Å². The van der Waals surface area contributed by atoms with E-state index in [0.717, 1.165) is 43.2 Å². The molecule has 1 saturated carbocycles. The number of nitrogen functional groups attached to an aromatic ring is 1. The van der Waals surface area contributed by atoms with Crippen molar-refractivity contribution < 1.29 is 4.79 Å². The average Bonchev–Trinajstić information content (AvgIpc) is 3.05. The zero-order valence-electron chi connectivity index (χ0n) is 13.3. The highest BCUT2D eigenvalue weighted by atomic mass is 16.1. The second-order valence-electron chi connectivity index (χ2n) is 6.73. The lowest BCUT2D eigenvalue weighted by molar-refractivity contribution is -0.121. The maximum absolute atomic E-state index is 12.1. The molecule has 0 spiro atoms. The first-order valence-corrected chi connectivity index (χ1v) is 8.58. The van der Waals surface area contributed by atoms with Gasteiger partial charge in [0, 0.05) is 30.9 Å². The molecule has 1 heterocycles. The summed E-state index contributed by atoms with van der Waals surface area (Å²) in [5.74, 6) is 0.129. The summed E-state index contributed by atoms with van der Waals surface area (Å²) in [7, 11) is 0. The first-order chi connectivity index (χ1) is 10.7. The number of nitrogens with one attached hydrogen (secondary N) is 1. The molecule has 4 heteroatoms. The van der Waals surface area contributed by atoms with E-state index in [1.807, 2.05) is 24.3 Å². The number of anilines is 1. The Morgan fingerprint density at radius 3 is 2.36 bits per heavy atom. The third kappa shape index (κ3) is 4.01. The average molecular weight is 301 g/mol. The fourth-order valence-corrected chi connectivity index (χ4v) is 3.78. The van der Waals surface area contributed by atoms with Gasteiger partial charge >= 0.3 is 0 Å². The van der Waals surface area contributed by atoms with Crippen LogP contribution in [-0.2, 0) is 11.2 Å². The highest BCUT2D eigenvalue weighted by Crippen LogP contribution is 2.26. The Kier molecular flexibility index (Phi) is 4.98. The van der Waals surface area contributed by atoms with Crippen LogP contribution in [0.3, 0.4) is 0 Å². The summed E-state index contributed by atoms with van der Waals surface area (Å²) in [4.78, 5) is 14.8. The minimum atomic E-state index is 0.129. The molecule has 0 bridgehead atoms. The molecule has 1 aliphatic carbocycles. The van der Waals surface area contributed by atoms with Crippen molar-refractivity contribution >= 4 is 11.6 Å². The summed E-state index contributed by atoms with van der Waals surface area (Å²) in [6, 6.07) is 8.71. The lowest BCUT2D eigenvalue weighted by Crippen LogP contribution is -2.47. The quantitative estimate of drug-likeness (QED) is 0.839. The number of nitrogens with two attached hydrogens (primary N) is 1. The Morgan fingerprint density at radius 1 is 1.09 bits per heavy atom. The van der Waals surface area contributed by atoms with Crippen LogP contribution in [0.1, 0.15) is 44.1 Å². The number of carbonyl (C=O) groups is 1. The predicted octanol–water partition coefficient (Wildman–Crippen LogP) is 2.33. The number of piperidine rings is 1.